The fourth-order valence-electron chi connectivity index (χ4n) is 2.46. The Morgan fingerprint density at radius 3 is 2.42 bits per heavy atom. The van der Waals surface area contributed by atoms with E-state index in [9.17, 15) is 0 Å². The number of fused-ring (bicyclic) bond motifs is 1. The van der Waals surface area contributed by atoms with Gasteiger partial charge in [-0.2, -0.15) is 8.42 Å². The zero-order chi connectivity index (χ0) is 19.0. The van der Waals surface area contributed by atoms with Crippen LogP contribution in [0.3, 0.4) is 0 Å². The fourth-order valence-corrected chi connectivity index (χ4v) is 2.46. The zero-order valence-corrected chi connectivity index (χ0v) is 15.0. The molecule has 3 aromatic rings. The Morgan fingerprint density at radius 1 is 1.08 bits per heavy atom. The van der Waals surface area contributed by atoms with E-state index in [4.69, 9.17) is 26.7 Å². The van der Waals surface area contributed by atoms with E-state index in [1.807, 2.05) is 43.4 Å². The Balaban J connectivity index is 0.000000431. The predicted octanol–water partition coefficient (Wildman–Crippen LogP) is 3.51. The van der Waals surface area contributed by atoms with Gasteiger partial charge in [-0.3, -0.25) is 9.11 Å². The molecule has 0 fully saturated rings. The van der Waals surface area contributed by atoms with Crippen molar-refractivity contribution in [1.82, 2.24) is 5.32 Å². The molecule has 0 bridgehead atoms. The summed E-state index contributed by atoms with van der Waals surface area (Å²) in [7, 11) is -2.73. The van der Waals surface area contributed by atoms with Crippen molar-refractivity contribution < 1.29 is 26.7 Å². The van der Waals surface area contributed by atoms with Crippen molar-refractivity contribution in [3.8, 4) is 5.75 Å². The van der Waals surface area contributed by atoms with Gasteiger partial charge in [0.25, 0.3) is 0 Å². The van der Waals surface area contributed by atoms with Gasteiger partial charge in [0.15, 0.2) is 6.10 Å². The van der Waals surface area contributed by atoms with Gasteiger partial charge in [-0.1, -0.05) is 36.4 Å². The topological polar surface area (TPSA) is 109 Å². The molecule has 1 heterocycles. The summed E-state index contributed by atoms with van der Waals surface area (Å²) in [5.74, 6) is 1.75. The summed E-state index contributed by atoms with van der Waals surface area (Å²) in [6.07, 6.45) is 2.46. The highest BCUT2D eigenvalue weighted by molar-refractivity contribution is 7.79. The van der Waals surface area contributed by atoms with Gasteiger partial charge in [-0.15, -0.1) is 0 Å². The van der Waals surface area contributed by atoms with Gasteiger partial charge in [0.1, 0.15) is 11.5 Å². The molecular formula is C18H21NO6S. The van der Waals surface area contributed by atoms with Crippen LogP contribution in [-0.2, 0) is 10.4 Å². The first-order chi connectivity index (χ1) is 12.4. The molecule has 8 heteroatoms. The fraction of sp³-hybridized carbons (Fsp3) is 0.222. The summed E-state index contributed by atoms with van der Waals surface area (Å²) in [6, 6.07) is 18.2. The highest BCUT2D eigenvalue weighted by Gasteiger charge is 2.17. The maximum absolute atomic E-state index is 8.74. The van der Waals surface area contributed by atoms with E-state index in [1.165, 1.54) is 5.39 Å². The number of hydrogen-bond donors (Lipinski definition) is 3. The monoisotopic (exact) mass is 379 g/mol. The van der Waals surface area contributed by atoms with Crippen LogP contribution in [-0.4, -0.2) is 31.1 Å². The predicted molar refractivity (Wildman–Crippen MR) is 98.7 cm³/mol. The number of rotatable bonds is 6. The quantitative estimate of drug-likeness (QED) is 0.562. The van der Waals surface area contributed by atoms with Gasteiger partial charge in [0.05, 0.1) is 6.26 Å². The lowest BCUT2D eigenvalue weighted by Crippen LogP contribution is -2.16. The van der Waals surface area contributed by atoms with Crippen LogP contribution in [0.4, 0.5) is 0 Å². The normalized spacial score (nSPS) is 12.3. The van der Waals surface area contributed by atoms with Crippen molar-refractivity contribution in [3.63, 3.8) is 0 Å². The highest BCUT2D eigenvalue weighted by atomic mass is 32.3. The number of benzene rings is 2. The van der Waals surface area contributed by atoms with E-state index in [0.29, 0.717) is 0 Å². The molecule has 3 rings (SSSR count). The second-order valence-electron chi connectivity index (χ2n) is 5.44. The van der Waals surface area contributed by atoms with E-state index in [0.717, 1.165) is 29.9 Å². The molecule has 1 atom stereocenters. The smallest absolute Gasteiger partial charge is 0.394 e. The summed E-state index contributed by atoms with van der Waals surface area (Å²) in [6.45, 7) is 0.871. The maximum atomic E-state index is 8.74. The van der Waals surface area contributed by atoms with Crippen LogP contribution in [0.15, 0.2) is 65.3 Å². The summed E-state index contributed by atoms with van der Waals surface area (Å²) >= 11 is 0. The lowest BCUT2D eigenvalue weighted by Gasteiger charge is -2.18. The average Bonchev–Trinajstić information content (AvgIpc) is 3.12. The van der Waals surface area contributed by atoms with Crippen LogP contribution in [0.1, 0.15) is 18.3 Å². The molecule has 0 saturated heterocycles. The van der Waals surface area contributed by atoms with Gasteiger partial charge in [-0.05, 0) is 37.2 Å². The Labute approximate surface area is 152 Å². The minimum atomic E-state index is -4.67. The summed E-state index contributed by atoms with van der Waals surface area (Å²) in [5.41, 5.74) is 0. The second kappa shape index (κ2) is 9.35. The standard InChI is InChI=1S/C18H19NO2.H2O4S/c1-19-12-11-18(17-10-5-13-20-17)21-16-9-4-7-14-6-2-3-8-15(14)16;1-5(2,3)4/h2-10,13,18-19H,11-12H2,1H3;(H2,1,2,3,4). The van der Waals surface area contributed by atoms with Crippen LogP contribution in [0, 0.1) is 0 Å². The van der Waals surface area contributed by atoms with E-state index in [1.54, 1.807) is 6.26 Å². The molecule has 0 amide bonds. The first-order valence-electron chi connectivity index (χ1n) is 7.91. The number of nitrogens with one attached hydrogen (secondary N) is 1. The van der Waals surface area contributed by atoms with Gasteiger partial charge >= 0.3 is 10.4 Å². The van der Waals surface area contributed by atoms with Crippen molar-refractivity contribution in [2.24, 2.45) is 0 Å². The maximum Gasteiger partial charge on any atom is 0.394 e. The molecule has 0 spiro atoms. The molecule has 26 heavy (non-hydrogen) atoms. The van der Waals surface area contributed by atoms with Crippen LogP contribution >= 0.6 is 0 Å². The lowest BCUT2D eigenvalue weighted by molar-refractivity contribution is 0.168. The molecule has 2 aromatic carbocycles. The summed E-state index contributed by atoms with van der Waals surface area (Å²) < 4.78 is 43.3. The SMILES string of the molecule is CNCCC(Oc1cccc2ccccc12)c1ccco1.O=S(=O)(O)O. The van der Waals surface area contributed by atoms with Gasteiger partial charge < -0.3 is 14.5 Å². The van der Waals surface area contributed by atoms with Crippen molar-refractivity contribution in [3.05, 3.63) is 66.6 Å². The molecular weight excluding hydrogens is 358 g/mol. The molecule has 0 aliphatic heterocycles. The summed E-state index contributed by atoms with van der Waals surface area (Å²) in [5, 5.41) is 5.47. The second-order valence-corrected chi connectivity index (χ2v) is 6.33. The van der Waals surface area contributed by atoms with E-state index in [-0.39, 0.29) is 6.10 Å². The van der Waals surface area contributed by atoms with Crippen LogP contribution in [0.25, 0.3) is 10.8 Å². The molecule has 0 radical (unpaired) electrons. The highest BCUT2D eigenvalue weighted by Crippen LogP contribution is 2.31. The van der Waals surface area contributed by atoms with Crippen LogP contribution in [0.5, 0.6) is 5.75 Å². The first-order valence-corrected chi connectivity index (χ1v) is 9.30. The Bertz CT molecular complexity index is 895. The lowest BCUT2D eigenvalue weighted by atomic mass is 10.1. The number of ether oxygens (including phenoxy) is 1. The molecule has 0 aliphatic rings. The molecule has 140 valence electrons. The van der Waals surface area contributed by atoms with Gasteiger partial charge in [0, 0.05) is 11.8 Å². The van der Waals surface area contributed by atoms with Crippen molar-refractivity contribution in [2.75, 3.05) is 13.6 Å². The number of furan rings is 1. The van der Waals surface area contributed by atoms with Crippen molar-refractivity contribution in [2.45, 2.75) is 12.5 Å². The largest absolute Gasteiger partial charge is 0.482 e. The van der Waals surface area contributed by atoms with Crippen LogP contribution in [0.2, 0.25) is 0 Å². The third-order valence-corrected chi connectivity index (χ3v) is 3.54. The molecule has 3 N–H and O–H groups in total. The van der Waals surface area contributed by atoms with Crippen LogP contribution < -0.4 is 10.1 Å². The molecule has 1 aromatic heterocycles. The molecule has 1 unspecified atom stereocenters. The zero-order valence-electron chi connectivity index (χ0n) is 14.2. The Kier molecular flexibility index (Phi) is 7.16. The van der Waals surface area contributed by atoms with Crippen molar-refractivity contribution in [1.29, 1.82) is 0 Å². The number of hydrogen-bond acceptors (Lipinski definition) is 5. The van der Waals surface area contributed by atoms with E-state index >= 15 is 0 Å². The molecule has 7 nitrogen and oxygen atoms in total. The van der Waals surface area contributed by atoms with Crippen molar-refractivity contribution >= 4 is 21.2 Å². The third-order valence-electron chi connectivity index (χ3n) is 3.54. The summed E-state index contributed by atoms with van der Waals surface area (Å²) in [4.78, 5) is 0. The molecule has 0 saturated carbocycles. The van der Waals surface area contributed by atoms with E-state index in [2.05, 4.69) is 23.5 Å². The first kappa shape index (κ1) is 19.9. The van der Waals surface area contributed by atoms with E-state index < -0.39 is 10.4 Å². The van der Waals surface area contributed by atoms with Gasteiger partial charge in [-0.25, -0.2) is 0 Å². The van der Waals surface area contributed by atoms with Gasteiger partial charge in [0.2, 0.25) is 0 Å². The minimum Gasteiger partial charge on any atom is -0.482 e. The average molecular weight is 379 g/mol. The Hall–Kier alpha value is -2.39. The third kappa shape index (κ3) is 6.49. The Morgan fingerprint density at radius 2 is 1.77 bits per heavy atom. The molecule has 0 aliphatic carbocycles. The minimum absolute atomic E-state index is 0.0849.